The average Bonchev–Trinajstić information content (AvgIpc) is 2.15. The van der Waals surface area contributed by atoms with Crippen molar-refractivity contribution in [2.24, 2.45) is 5.41 Å². The summed E-state index contributed by atoms with van der Waals surface area (Å²) in [5.74, 6) is 1.60. The lowest BCUT2D eigenvalue weighted by Crippen LogP contribution is -2.14. The minimum Gasteiger partial charge on any atom is -0.370 e. The SMILES string of the molecule is CCNc1nc(C)cc(NCCC(C)(C)C)n1. The van der Waals surface area contributed by atoms with E-state index in [1.807, 2.05) is 19.9 Å². The lowest BCUT2D eigenvalue weighted by molar-refractivity contribution is 0.389. The van der Waals surface area contributed by atoms with Gasteiger partial charge in [-0.3, -0.25) is 0 Å². The van der Waals surface area contributed by atoms with Crippen LogP contribution in [-0.4, -0.2) is 23.1 Å². The topological polar surface area (TPSA) is 49.8 Å². The second kappa shape index (κ2) is 5.84. The molecule has 2 N–H and O–H groups in total. The van der Waals surface area contributed by atoms with Crippen LogP contribution in [0.2, 0.25) is 0 Å². The lowest BCUT2D eigenvalue weighted by atomic mass is 9.92. The molecule has 0 amide bonds. The van der Waals surface area contributed by atoms with E-state index in [0.717, 1.165) is 31.0 Å². The quantitative estimate of drug-likeness (QED) is 0.825. The average molecular weight is 236 g/mol. The molecule has 96 valence electrons. The molecule has 0 bridgehead atoms. The van der Waals surface area contributed by atoms with Crippen molar-refractivity contribution in [1.82, 2.24) is 9.97 Å². The summed E-state index contributed by atoms with van der Waals surface area (Å²) in [6, 6.07) is 1.98. The minimum absolute atomic E-state index is 0.347. The van der Waals surface area contributed by atoms with Crippen LogP contribution in [0, 0.1) is 12.3 Å². The van der Waals surface area contributed by atoms with Gasteiger partial charge in [0.1, 0.15) is 5.82 Å². The van der Waals surface area contributed by atoms with E-state index in [-0.39, 0.29) is 0 Å². The van der Waals surface area contributed by atoms with Gasteiger partial charge in [-0.15, -0.1) is 0 Å². The molecule has 0 atom stereocenters. The van der Waals surface area contributed by atoms with Gasteiger partial charge in [0.05, 0.1) is 0 Å². The highest BCUT2D eigenvalue weighted by Gasteiger charge is 2.09. The Labute approximate surface area is 104 Å². The third-order valence-corrected chi connectivity index (χ3v) is 2.37. The summed E-state index contributed by atoms with van der Waals surface area (Å²) in [5, 5.41) is 6.48. The van der Waals surface area contributed by atoms with Crippen molar-refractivity contribution in [2.75, 3.05) is 23.7 Å². The Hall–Kier alpha value is -1.32. The number of hydrogen-bond donors (Lipinski definition) is 2. The van der Waals surface area contributed by atoms with Gasteiger partial charge < -0.3 is 10.6 Å². The van der Waals surface area contributed by atoms with E-state index >= 15 is 0 Å². The summed E-state index contributed by atoms with van der Waals surface area (Å²) in [5.41, 5.74) is 1.33. The van der Waals surface area contributed by atoms with Crippen molar-refractivity contribution < 1.29 is 0 Å². The van der Waals surface area contributed by atoms with Crippen LogP contribution in [-0.2, 0) is 0 Å². The van der Waals surface area contributed by atoms with Gasteiger partial charge in [-0.05, 0) is 25.7 Å². The Balaban J connectivity index is 2.58. The van der Waals surface area contributed by atoms with Crippen LogP contribution in [0.15, 0.2) is 6.07 Å². The summed E-state index contributed by atoms with van der Waals surface area (Å²) in [4.78, 5) is 8.73. The van der Waals surface area contributed by atoms with Crippen molar-refractivity contribution in [2.45, 2.75) is 41.0 Å². The maximum absolute atomic E-state index is 4.41. The number of anilines is 2. The molecule has 1 aromatic heterocycles. The summed E-state index contributed by atoms with van der Waals surface area (Å²) in [7, 11) is 0. The molecule has 4 nitrogen and oxygen atoms in total. The summed E-state index contributed by atoms with van der Waals surface area (Å²) in [6.07, 6.45) is 1.12. The Kier molecular flexibility index (Phi) is 4.73. The number of aromatic nitrogens is 2. The number of rotatable bonds is 5. The maximum Gasteiger partial charge on any atom is 0.224 e. The zero-order valence-corrected chi connectivity index (χ0v) is 11.6. The first-order valence-electron chi connectivity index (χ1n) is 6.24. The molecule has 0 aromatic carbocycles. The standard InChI is InChI=1S/C13H24N4/c1-6-14-12-16-10(2)9-11(17-12)15-8-7-13(3,4)5/h9H,6-8H2,1-5H3,(H2,14,15,16,17). The molecule has 0 fully saturated rings. The number of nitrogens with zero attached hydrogens (tertiary/aromatic N) is 2. The molecular weight excluding hydrogens is 212 g/mol. The predicted molar refractivity (Wildman–Crippen MR) is 73.5 cm³/mol. The number of hydrogen-bond acceptors (Lipinski definition) is 4. The minimum atomic E-state index is 0.347. The van der Waals surface area contributed by atoms with Gasteiger partial charge in [-0.2, -0.15) is 4.98 Å². The molecule has 0 aliphatic heterocycles. The largest absolute Gasteiger partial charge is 0.370 e. The van der Waals surface area contributed by atoms with Crippen LogP contribution in [0.4, 0.5) is 11.8 Å². The molecule has 1 heterocycles. The van der Waals surface area contributed by atoms with Crippen LogP contribution in [0.25, 0.3) is 0 Å². The van der Waals surface area contributed by atoms with Gasteiger partial charge in [0.15, 0.2) is 0 Å². The van der Waals surface area contributed by atoms with Crippen molar-refractivity contribution in [3.63, 3.8) is 0 Å². The van der Waals surface area contributed by atoms with E-state index in [9.17, 15) is 0 Å². The van der Waals surface area contributed by atoms with Crippen LogP contribution in [0.1, 0.15) is 39.8 Å². The van der Waals surface area contributed by atoms with Crippen LogP contribution in [0.5, 0.6) is 0 Å². The first kappa shape index (κ1) is 13.7. The fourth-order valence-corrected chi connectivity index (χ4v) is 1.46. The number of aryl methyl sites for hydroxylation is 1. The molecule has 0 radical (unpaired) electrons. The monoisotopic (exact) mass is 236 g/mol. The van der Waals surface area contributed by atoms with Gasteiger partial charge >= 0.3 is 0 Å². The molecule has 17 heavy (non-hydrogen) atoms. The molecule has 0 saturated heterocycles. The first-order valence-corrected chi connectivity index (χ1v) is 6.24. The zero-order chi connectivity index (χ0) is 12.9. The molecule has 0 aliphatic carbocycles. The fraction of sp³-hybridized carbons (Fsp3) is 0.692. The van der Waals surface area contributed by atoms with E-state index < -0.39 is 0 Å². The van der Waals surface area contributed by atoms with Crippen molar-refractivity contribution >= 4 is 11.8 Å². The van der Waals surface area contributed by atoms with E-state index in [2.05, 4.69) is 41.4 Å². The lowest BCUT2D eigenvalue weighted by Gasteiger charge is -2.18. The molecule has 0 saturated carbocycles. The smallest absolute Gasteiger partial charge is 0.224 e. The summed E-state index contributed by atoms with van der Waals surface area (Å²) >= 11 is 0. The summed E-state index contributed by atoms with van der Waals surface area (Å²) in [6.45, 7) is 12.5. The van der Waals surface area contributed by atoms with Gasteiger partial charge in [-0.25, -0.2) is 4.98 Å². The van der Waals surface area contributed by atoms with E-state index in [0.29, 0.717) is 11.4 Å². The van der Waals surface area contributed by atoms with Crippen LogP contribution >= 0.6 is 0 Å². The van der Waals surface area contributed by atoms with Gasteiger partial charge in [-0.1, -0.05) is 20.8 Å². The van der Waals surface area contributed by atoms with Gasteiger partial charge in [0.25, 0.3) is 0 Å². The molecule has 0 unspecified atom stereocenters. The van der Waals surface area contributed by atoms with Crippen LogP contribution in [0.3, 0.4) is 0 Å². The van der Waals surface area contributed by atoms with E-state index in [1.54, 1.807) is 0 Å². The summed E-state index contributed by atoms with van der Waals surface area (Å²) < 4.78 is 0. The second-order valence-electron chi connectivity index (χ2n) is 5.49. The van der Waals surface area contributed by atoms with Gasteiger partial charge in [0.2, 0.25) is 5.95 Å². The zero-order valence-electron chi connectivity index (χ0n) is 11.6. The van der Waals surface area contributed by atoms with E-state index in [4.69, 9.17) is 0 Å². The van der Waals surface area contributed by atoms with Gasteiger partial charge in [0, 0.05) is 24.8 Å². The predicted octanol–water partition coefficient (Wildman–Crippen LogP) is 3.06. The fourth-order valence-electron chi connectivity index (χ4n) is 1.46. The Bertz CT molecular complexity index is 355. The maximum atomic E-state index is 4.41. The first-order chi connectivity index (χ1) is 7.90. The van der Waals surface area contributed by atoms with Crippen molar-refractivity contribution in [3.8, 4) is 0 Å². The third-order valence-electron chi connectivity index (χ3n) is 2.37. The highest BCUT2D eigenvalue weighted by molar-refractivity contribution is 5.41. The van der Waals surface area contributed by atoms with Crippen molar-refractivity contribution in [1.29, 1.82) is 0 Å². The number of nitrogens with one attached hydrogen (secondary N) is 2. The highest BCUT2D eigenvalue weighted by Crippen LogP contribution is 2.18. The molecule has 0 aliphatic rings. The third kappa shape index (κ3) is 5.52. The molecule has 4 heteroatoms. The molecule has 0 spiro atoms. The van der Waals surface area contributed by atoms with E-state index in [1.165, 1.54) is 0 Å². The van der Waals surface area contributed by atoms with Crippen LogP contribution < -0.4 is 10.6 Å². The Morgan fingerprint density at radius 1 is 1.18 bits per heavy atom. The normalized spacial score (nSPS) is 11.4. The highest BCUT2D eigenvalue weighted by atomic mass is 15.1. The molecule has 1 rings (SSSR count). The molecular formula is C13H24N4. The van der Waals surface area contributed by atoms with Crippen molar-refractivity contribution in [3.05, 3.63) is 11.8 Å². The molecule has 1 aromatic rings. The Morgan fingerprint density at radius 3 is 2.47 bits per heavy atom. The Morgan fingerprint density at radius 2 is 1.88 bits per heavy atom. The second-order valence-corrected chi connectivity index (χ2v) is 5.49.